The molecule has 2 N–H and O–H groups in total. The lowest BCUT2D eigenvalue weighted by atomic mass is 9.85. The predicted octanol–water partition coefficient (Wildman–Crippen LogP) is 3.19. The molecule has 0 aliphatic rings. The molecule has 1 aromatic rings. The fourth-order valence-corrected chi connectivity index (χ4v) is 2.33. The van der Waals surface area contributed by atoms with Crippen molar-refractivity contribution < 1.29 is 0 Å². The Hall–Kier alpha value is -1.02. The predicted molar refractivity (Wildman–Crippen MR) is 76.5 cm³/mol. The quantitative estimate of drug-likeness (QED) is 0.847. The van der Waals surface area contributed by atoms with E-state index in [0.29, 0.717) is 12.5 Å². The van der Waals surface area contributed by atoms with Crippen molar-refractivity contribution in [1.29, 1.82) is 0 Å². The fraction of sp³-hybridized carbons (Fsp3) is 0.600. The van der Waals surface area contributed by atoms with E-state index in [-0.39, 0.29) is 5.54 Å². The first kappa shape index (κ1) is 14.0. The Kier molecular flexibility index (Phi) is 4.58. The van der Waals surface area contributed by atoms with Gasteiger partial charge in [-0.1, -0.05) is 32.0 Å². The Morgan fingerprint density at radius 2 is 1.88 bits per heavy atom. The van der Waals surface area contributed by atoms with Crippen LogP contribution in [-0.4, -0.2) is 18.6 Å². The lowest BCUT2D eigenvalue weighted by molar-refractivity contribution is 0.322. The number of benzene rings is 1. The molecular weight excluding hydrogens is 208 g/mol. The third-order valence-electron chi connectivity index (χ3n) is 4.00. The average Bonchev–Trinajstić information content (AvgIpc) is 2.31. The summed E-state index contributed by atoms with van der Waals surface area (Å²) >= 11 is 0. The molecule has 96 valence electrons. The number of hydrogen-bond acceptors (Lipinski definition) is 2. The van der Waals surface area contributed by atoms with Crippen molar-refractivity contribution >= 4 is 5.69 Å². The topological polar surface area (TPSA) is 29.3 Å². The van der Waals surface area contributed by atoms with E-state index >= 15 is 0 Å². The summed E-state index contributed by atoms with van der Waals surface area (Å²) in [6.07, 6.45) is 0. The normalized spacial score (nSPS) is 14.8. The Balaban J connectivity index is 3.19. The van der Waals surface area contributed by atoms with E-state index in [1.54, 1.807) is 0 Å². The van der Waals surface area contributed by atoms with E-state index in [4.69, 9.17) is 5.73 Å². The molecule has 0 radical (unpaired) electrons. The standard InChI is InChI=1S/C15H26N2/c1-6-17(15(5,11-16)12(2)3)14-10-8-7-9-13(14)4/h7-10,12H,6,11,16H2,1-5H3. The zero-order valence-corrected chi connectivity index (χ0v) is 11.8. The van der Waals surface area contributed by atoms with Gasteiger partial charge < -0.3 is 10.6 Å². The summed E-state index contributed by atoms with van der Waals surface area (Å²) in [7, 11) is 0. The number of hydrogen-bond donors (Lipinski definition) is 1. The van der Waals surface area contributed by atoms with Crippen LogP contribution in [0.2, 0.25) is 0 Å². The van der Waals surface area contributed by atoms with Gasteiger partial charge in [0.2, 0.25) is 0 Å². The molecule has 0 aliphatic carbocycles. The number of nitrogens with zero attached hydrogens (tertiary/aromatic N) is 1. The molecule has 0 saturated carbocycles. The third kappa shape index (κ3) is 2.63. The van der Waals surface area contributed by atoms with E-state index in [2.05, 4.69) is 63.8 Å². The zero-order valence-electron chi connectivity index (χ0n) is 11.8. The summed E-state index contributed by atoms with van der Waals surface area (Å²) in [5, 5.41) is 0. The molecule has 0 bridgehead atoms. The number of likely N-dealkylation sites (N-methyl/N-ethyl adjacent to an activating group) is 1. The largest absolute Gasteiger partial charge is 0.365 e. The third-order valence-corrected chi connectivity index (χ3v) is 4.00. The lowest BCUT2D eigenvalue weighted by Crippen LogP contribution is -2.55. The molecule has 1 atom stereocenters. The summed E-state index contributed by atoms with van der Waals surface area (Å²) < 4.78 is 0. The second-order valence-electron chi connectivity index (χ2n) is 5.25. The van der Waals surface area contributed by atoms with Gasteiger partial charge in [-0.25, -0.2) is 0 Å². The van der Waals surface area contributed by atoms with Crippen LogP contribution in [0.5, 0.6) is 0 Å². The van der Waals surface area contributed by atoms with Gasteiger partial charge in [-0.3, -0.25) is 0 Å². The van der Waals surface area contributed by atoms with Gasteiger partial charge in [0.1, 0.15) is 0 Å². The van der Waals surface area contributed by atoms with E-state index in [9.17, 15) is 0 Å². The van der Waals surface area contributed by atoms with Gasteiger partial charge in [-0.05, 0) is 38.3 Å². The molecule has 0 saturated heterocycles. The average molecular weight is 234 g/mol. The van der Waals surface area contributed by atoms with Crippen molar-refractivity contribution in [2.75, 3.05) is 18.0 Å². The Morgan fingerprint density at radius 1 is 1.29 bits per heavy atom. The molecule has 0 amide bonds. The summed E-state index contributed by atoms with van der Waals surface area (Å²) in [5.41, 5.74) is 8.66. The van der Waals surface area contributed by atoms with Gasteiger partial charge in [-0.2, -0.15) is 0 Å². The van der Waals surface area contributed by atoms with Crippen molar-refractivity contribution in [2.24, 2.45) is 11.7 Å². The van der Waals surface area contributed by atoms with Gasteiger partial charge >= 0.3 is 0 Å². The van der Waals surface area contributed by atoms with E-state index in [1.807, 2.05) is 0 Å². The highest BCUT2D eigenvalue weighted by atomic mass is 15.2. The molecule has 0 aliphatic heterocycles. The van der Waals surface area contributed by atoms with Crippen LogP contribution in [0.15, 0.2) is 24.3 Å². The monoisotopic (exact) mass is 234 g/mol. The zero-order chi connectivity index (χ0) is 13.1. The summed E-state index contributed by atoms with van der Waals surface area (Å²) in [4.78, 5) is 2.44. The molecule has 17 heavy (non-hydrogen) atoms. The SMILES string of the molecule is CCN(c1ccccc1C)C(C)(CN)C(C)C. The van der Waals surface area contributed by atoms with Crippen LogP contribution in [0.1, 0.15) is 33.3 Å². The van der Waals surface area contributed by atoms with Crippen molar-refractivity contribution in [3.8, 4) is 0 Å². The molecule has 0 fully saturated rings. The van der Waals surface area contributed by atoms with Gasteiger partial charge in [0.05, 0.1) is 5.54 Å². The molecule has 0 heterocycles. The maximum atomic E-state index is 6.03. The van der Waals surface area contributed by atoms with Crippen molar-refractivity contribution in [1.82, 2.24) is 0 Å². The van der Waals surface area contributed by atoms with E-state index < -0.39 is 0 Å². The van der Waals surface area contributed by atoms with E-state index in [1.165, 1.54) is 11.3 Å². The molecular formula is C15H26N2. The van der Waals surface area contributed by atoms with Crippen LogP contribution in [0, 0.1) is 12.8 Å². The highest BCUT2D eigenvalue weighted by Gasteiger charge is 2.33. The molecule has 1 rings (SSSR count). The summed E-state index contributed by atoms with van der Waals surface area (Å²) in [5.74, 6) is 0.520. The molecule has 0 aromatic heterocycles. The highest BCUT2D eigenvalue weighted by molar-refractivity contribution is 5.55. The Morgan fingerprint density at radius 3 is 2.29 bits per heavy atom. The smallest absolute Gasteiger partial charge is 0.0518 e. The first-order chi connectivity index (χ1) is 7.97. The maximum Gasteiger partial charge on any atom is 0.0518 e. The van der Waals surface area contributed by atoms with Crippen molar-refractivity contribution in [3.63, 3.8) is 0 Å². The number of rotatable bonds is 5. The van der Waals surface area contributed by atoms with Gasteiger partial charge in [0.25, 0.3) is 0 Å². The van der Waals surface area contributed by atoms with E-state index in [0.717, 1.165) is 6.54 Å². The maximum absolute atomic E-state index is 6.03. The van der Waals surface area contributed by atoms with Crippen LogP contribution < -0.4 is 10.6 Å². The minimum absolute atomic E-state index is 0.0147. The van der Waals surface area contributed by atoms with Crippen molar-refractivity contribution in [3.05, 3.63) is 29.8 Å². The second kappa shape index (κ2) is 5.54. The molecule has 1 unspecified atom stereocenters. The highest BCUT2D eigenvalue weighted by Crippen LogP contribution is 2.31. The molecule has 2 nitrogen and oxygen atoms in total. The Labute approximate surface area is 106 Å². The number of aryl methyl sites for hydroxylation is 1. The van der Waals surface area contributed by atoms with Crippen LogP contribution in [0.25, 0.3) is 0 Å². The summed E-state index contributed by atoms with van der Waals surface area (Å²) in [6, 6.07) is 8.54. The minimum Gasteiger partial charge on any atom is -0.365 e. The number of para-hydroxylation sites is 1. The van der Waals surface area contributed by atoms with Crippen LogP contribution in [0.4, 0.5) is 5.69 Å². The fourth-order valence-electron chi connectivity index (χ4n) is 2.33. The number of anilines is 1. The van der Waals surface area contributed by atoms with Gasteiger partial charge in [0.15, 0.2) is 0 Å². The van der Waals surface area contributed by atoms with Crippen LogP contribution >= 0.6 is 0 Å². The van der Waals surface area contributed by atoms with Crippen molar-refractivity contribution in [2.45, 2.75) is 40.2 Å². The Bertz CT molecular complexity index is 360. The molecule has 0 spiro atoms. The summed E-state index contributed by atoms with van der Waals surface area (Å²) in [6.45, 7) is 12.8. The first-order valence-corrected chi connectivity index (χ1v) is 6.50. The van der Waals surface area contributed by atoms with Gasteiger partial charge in [0, 0.05) is 18.8 Å². The second-order valence-corrected chi connectivity index (χ2v) is 5.25. The lowest BCUT2D eigenvalue weighted by Gasteiger charge is -2.45. The molecule has 1 aromatic carbocycles. The van der Waals surface area contributed by atoms with Crippen LogP contribution in [-0.2, 0) is 0 Å². The number of nitrogens with two attached hydrogens (primary N) is 1. The molecule has 2 heteroatoms. The van der Waals surface area contributed by atoms with Crippen LogP contribution in [0.3, 0.4) is 0 Å². The van der Waals surface area contributed by atoms with Gasteiger partial charge in [-0.15, -0.1) is 0 Å². The minimum atomic E-state index is 0.0147. The first-order valence-electron chi connectivity index (χ1n) is 6.50.